The van der Waals surface area contributed by atoms with E-state index in [2.05, 4.69) is 36.6 Å². The minimum absolute atomic E-state index is 0.155. The first kappa shape index (κ1) is 17.2. The maximum Gasteiger partial charge on any atom is 0.410 e. The van der Waals surface area contributed by atoms with E-state index >= 15 is 0 Å². The number of carbonyl (C=O) groups excluding carboxylic acids is 1. The molecule has 0 aliphatic carbocycles. The van der Waals surface area contributed by atoms with Crippen molar-refractivity contribution in [3.63, 3.8) is 0 Å². The molecule has 1 saturated heterocycles. The monoisotopic (exact) mass is 365 g/mol. The molecule has 0 saturated carbocycles. The maximum atomic E-state index is 12.7. The normalized spacial score (nSPS) is 21.4. The number of hydrogen-bond acceptors (Lipinski definition) is 3. The number of fused-ring (bicyclic) bond motifs is 2. The number of hydrogen-bond donors (Lipinski definition) is 0. The van der Waals surface area contributed by atoms with Crippen LogP contribution in [0.3, 0.4) is 0 Å². The Morgan fingerprint density at radius 2 is 1.88 bits per heavy atom. The van der Waals surface area contributed by atoms with Crippen LogP contribution >= 0.6 is 11.8 Å². The second kappa shape index (κ2) is 7.58. The lowest BCUT2D eigenvalue weighted by Gasteiger charge is -2.33. The molecule has 3 nitrogen and oxygen atoms in total. The van der Waals surface area contributed by atoms with Gasteiger partial charge in [0, 0.05) is 10.9 Å². The molecule has 134 valence electrons. The van der Waals surface area contributed by atoms with Crippen LogP contribution in [0.5, 0.6) is 0 Å². The molecule has 2 aromatic rings. The zero-order valence-corrected chi connectivity index (χ0v) is 15.7. The van der Waals surface area contributed by atoms with E-state index in [0.717, 1.165) is 24.8 Å². The Morgan fingerprint density at radius 1 is 1.12 bits per heavy atom. The Balaban J connectivity index is 1.49. The molecular weight excluding hydrogens is 342 g/mol. The van der Waals surface area contributed by atoms with Gasteiger partial charge in [0.1, 0.15) is 6.61 Å². The van der Waals surface area contributed by atoms with Gasteiger partial charge < -0.3 is 4.74 Å². The number of benzene rings is 2. The zero-order valence-electron chi connectivity index (χ0n) is 14.9. The molecule has 2 aliphatic rings. The van der Waals surface area contributed by atoms with Crippen LogP contribution in [0.4, 0.5) is 4.79 Å². The SMILES string of the molecule is CSc1ccccc1C1=CC2CCC(C1)N2C(=O)OCc1ccccc1. The third kappa shape index (κ3) is 3.38. The number of rotatable bonds is 4. The third-order valence-electron chi connectivity index (χ3n) is 5.26. The Labute approximate surface area is 159 Å². The van der Waals surface area contributed by atoms with Crippen LogP contribution in [0.25, 0.3) is 5.57 Å². The van der Waals surface area contributed by atoms with Crippen molar-refractivity contribution in [2.75, 3.05) is 6.26 Å². The van der Waals surface area contributed by atoms with Crippen LogP contribution in [0.2, 0.25) is 0 Å². The maximum absolute atomic E-state index is 12.7. The standard InChI is InChI=1S/C22H23NO2S/c1-26-21-10-6-5-9-20(21)17-13-18-11-12-19(14-17)23(18)22(24)25-15-16-7-3-2-4-8-16/h2-10,13,18-19H,11-12,14-15H2,1H3. The summed E-state index contributed by atoms with van der Waals surface area (Å²) in [5.41, 5.74) is 3.71. The van der Waals surface area contributed by atoms with Crippen molar-refractivity contribution < 1.29 is 9.53 Å². The van der Waals surface area contributed by atoms with Gasteiger partial charge in [0.25, 0.3) is 0 Å². The number of carbonyl (C=O) groups is 1. The van der Waals surface area contributed by atoms with Crippen molar-refractivity contribution in [2.24, 2.45) is 0 Å². The molecule has 0 radical (unpaired) electrons. The van der Waals surface area contributed by atoms with Crippen molar-refractivity contribution in [1.82, 2.24) is 4.90 Å². The van der Waals surface area contributed by atoms with Gasteiger partial charge in [-0.2, -0.15) is 0 Å². The van der Waals surface area contributed by atoms with Crippen molar-refractivity contribution >= 4 is 23.4 Å². The van der Waals surface area contributed by atoms with Crippen LogP contribution < -0.4 is 0 Å². The van der Waals surface area contributed by atoms with Crippen LogP contribution in [-0.4, -0.2) is 29.3 Å². The molecule has 0 aromatic heterocycles. The fourth-order valence-corrected chi connectivity index (χ4v) is 4.65. The molecule has 1 fully saturated rings. The highest BCUT2D eigenvalue weighted by Crippen LogP contribution is 2.41. The molecule has 2 aromatic carbocycles. The number of amides is 1. The van der Waals surface area contributed by atoms with Gasteiger partial charge in [-0.05, 0) is 48.3 Å². The summed E-state index contributed by atoms with van der Waals surface area (Å²) in [5.74, 6) is 0. The zero-order chi connectivity index (χ0) is 17.9. The topological polar surface area (TPSA) is 29.5 Å². The van der Waals surface area contributed by atoms with E-state index in [-0.39, 0.29) is 18.2 Å². The van der Waals surface area contributed by atoms with Crippen molar-refractivity contribution in [1.29, 1.82) is 0 Å². The minimum atomic E-state index is -0.185. The summed E-state index contributed by atoms with van der Waals surface area (Å²) < 4.78 is 5.59. The highest BCUT2D eigenvalue weighted by Gasteiger charge is 2.40. The molecule has 2 bridgehead atoms. The Kier molecular flexibility index (Phi) is 5.02. The van der Waals surface area contributed by atoms with E-state index < -0.39 is 0 Å². The average molecular weight is 365 g/mol. The van der Waals surface area contributed by atoms with Crippen molar-refractivity contribution in [3.05, 3.63) is 71.8 Å². The van der Waals surface area contributed by atoms with Gasteiger partial charge >= 0.3 is 6.09 Å². The quantitative estimate of drug-likeness (QED) is 0.683. The highest BCUT2D eigenvalue weighted by atomic mass is 32.2. The van der Waals surface area contributed by atoms with Gasteiger partial charge in [-0.3, -0.25) is 4.90 Å². The highest BCUT2D eigenvalue weighted by molar-refractivity contribution is 7.98. The number of nitrogens with zero attached hydrogens (tertiary/aromatic N) is 1. The first-order chi connectivity index (χ1) is 12.8. The van der Waals surface area contributed by atoms with Gasteiger partial charge in [-0.1, -0.05) is 54.6 Å². The molecule has 1 amide bonds. The summed E-state index contributed by atoms with van der Waals surface area (Å²) >= 11 is 1.78. The molecular formula is C22H23NO2S. The predicted molar refractivity (Wildman–Crippen MR) is 106 cm³/mol. The van der Waals surface area contributed by atoms with E-state index in [4.69, 9.17) is 4.74 Å². The second-order valence-electron chi connectivity index (χ2n) is 6.84. The van der Waals surface area contributed by atoms with Gasteiger partial charge in [0.2, 0.25) is 0 Å². The van der Waals surface area contributed by atoms with Crippen LogP contribution in [0.1, 0.15) is 30.4 Å². The molecule has 0 N–H and O–H groups in total. The molecule has 2 atom stereocenters. The lowest BCUT2D eigenvalue weighted by atomic mass is 9.95. The Bertz CT molecular complexity index is 818. The summed E-state index contributed by atoms with van der Waals surface area (Å²) in [4.78, 5) is 15.9. The van der Waals surface area contributed by atoms with E-state index in [1.807, 2.05) is 35.2 Å². The van der Waals surface area contributed by atoms with Gasteiger partial charge in [0.05, 0.1) is 6.04 Å². The molecule has 4 heteroatoms. The van der Waals surface area contributed by atoms with E-state index in [1.165, 1.54) is 16.0 Å². The first-order valence-electron chi connectivity index (χ1n) is 9.09. The third-order valence-corrected chi connectivity index (χ3v) is 6.06. The molecule has 2 aliphatic heterocycles. The lowest BCUT2D eigenvalue weighted by molar-refractivity contribution is 0.0832. The Morgan fingerprint density at radius 3 is 2.65 bits per heavy atom. The van der Waals surface area contributed by atoms with E-state index in [1.54, 1.807) is 11.8 Å². The smallest absolute Gasteiger partial charge is 0.410 e. The fraction of sp³-hybridized carbons (Fsp3) is 0.318. The van der Waals surface area contributed by atoms with Crippen LogP contribution in [0.15, 0.2) is 65.6 Å². The van der Waals surface area contributed by atoms with Crippen LogP contribution in [0, 0.1) is 0 Å². The van der Waals surface area contributed by atoms with Crippen LogP contribution in [-0.2, 0) is 11.3 Å². The van der Waals surface area contributed by atoms with Crippen molar-refractivity contribution in [2.45, 2.75) is 42.8 Å². The molecule has 2 heterocycles. The average Bonchev–Trinajstić information content (AvgIpc) is 2.96. The van der Waals surface area contributed by atoms with Crippen molar-refractivity contribution in [3.8, 4) is 0 Å². The first-order valence-corrected chi connectivity index (χ1v) is 10.3. The van der Waals surface area contributed by atoms with Gasteiger partial charge in [-0.25, -0.2) is 4.79 Å². The minimum Gasteiger partial charge on any atom is -0.445 e. The summed E-state index contributed by atoms with van der Waals surface area (Å²) in [7, 11) is 0. The number of thioether (sulfide) groups is 1. The largest absolute Gasteiger partial charge is 0.445 e. The van der Waals surface area contributed by atoms with Gasteiger partial charge in [-0.15, -0.1) is 11.8 Å². The Hall–Kier alpha value is -2.20. The predicted octanol–water partition coefficient (Wildman–Crippen LogP) is 5.37. The summed E-state index contributed by atoms with van der Waals surface area (Å²) in [6.45, 7) is 0.335. The van der Waals surface area contributed by atoms with Gasteiger partial charge in [0.15, 0.2) is 0 Å². The fourth-order valence-electron chi connectivity index (χ4n) is 4.02. The summed E-state index contributed by atoms with van der Waals surface area (Å²) in [6.07, 6.45) is 7.19. The van der Waals surface area contributed by atoms with E-state index in [9.17, 15) is 4.79 Å². The molecule has 26 heavy (non-hydrogen) atoms. The lowest BCUT2D eigenvalue weighted by Crippen LogP contribution is -2.43. The summed E-state index contributed by atoms with van der Waals surface area (Å²) in [5, 5.41) is 0. The molecule has 0 spiro atoms. The summed E-state index contributed by atoms with van der Waals surface area (Å²) in [6, 6.07) is 18.8. The second-order valence-corrected chi connectivity index (χ2v) is 7.69. The molecule has 4 rings (SSSR count). The molecule has 2 unspecified atom stereocenters. The number of ether oxygens (including phenoxy) is 1. The van der Waals surface area contributed by atoms with E-state index in [0.29, 0.717) is 6.61 Å².